The van der Waals surface area contributed by atoms with Crippen molar-refractivity contribution in [1.82, 2.24) is 14.7 Å². The molecule has 0 amide bonds. The van der Waals surface area contributed by atoms with Gasteiger partial charge in [-0.05, 0) is 56.3 Å². The molecule has 0 spiro atoms. The predicted octanol–water partition coefficient (Wildman–Crippen LogP) is 2.79. The number of likely N-dealkylation sites (tertiary alicyclic amines) is 1. The summed E-state index contributed by atoms with van der Waals surface area (Å²) in [6, 6.07) is 9.57. The zero-order valence-corrected chi connectivity index (χ0v) is 14.5. The Morgan fingerprint density at radius 3 is 2.58 bits per heavy atom. The van der Waals surface area contributed by atoms with Gasteiger partial charge < -0.3 is 9.84 Å². The van der Waals surface area contributed by atoms with Gasteiger partial charge >= 0.3 is 0 Å². The van der Waals surface area contributed by atoms with Crippen LogP contribution < -0.4 is 4.74 Å². The van der Waals surface area contributed by atoms with Gasteiger partial charge in [-0.1, -0.05) is 11.6 Å². The first-order chi connectivity index (χ1) is 11.8. The van der Waals surface area contributed by atoms with Crippen LogP contribution in [0.5, 0.6) is 5.75 Å². The van der Waals surface area contributed by atoms with Crippen molar-refractivity contribution in [3.8, 4) is 5.75 Å². The van der Waals surface area contributed by atoms with Gasteiger partial charge in [0.05, 0.1) is 13.2 Å². The molecule has 6 heteroatoms. The molecule has 1 aliphatic rings. The number of aliphatic hydroxyl groups excluding tert-OH is 1. The summed E-state index contributed by atoms with van der Waals surface area (Å²) in [6.07, 6.45) is 4.08. The normalized spacial score (nSPS) is 16.4. The predicted molar refractivity (Wildman–Crippen MR) is 94.7 cm³/mol. The largest absolute Gasteiger partial charge is 0.492 e. The number of aliphatic hydroxyl groups is 1. The molecule has 0 radical (unpaired) electrons. The topological polar surface area (TPSA) is 50.5 Å². The number of hydrogen-bond acceptors (Lipinski definition) is 4. The lowest BCUT2D eigenvalue weighted by Crippen LogP contribution is -2.36. The minimum absolute atomic E-state index is 0.134. The molecule has 0 atom stereocenters. The van der Waals surface area contributed by atoms with Gasteiger partial charge in [-0.15, -0.1) is 0 Å². The molecule has 0 unspecified atom stereocenters. The van der Waals surface area contributed by atoms with Crippen LogP contribution in [0.2, 0.25) is 5.02 Å². The monoisotopic (exact) mass is 349 g/mol. The third kappa shape index (κ3) is 4.50. The number of piperidine rings is 1. The molecule has 1 fully saturated rings. The molecule has 1 aromatic heterocycles. The Bertz CT molecular complexity index is 621. The number of benzene rings is 1. The standard InChI is InChI=1S/C18H24ClN3O2/c19-16-1-3-17(4-2-16)24-14-12-21-9-6-15(7-10-21)18-5-8-20-22(18)11-13-23/h1-5,8,15,23H,6-7,9-14H2. The van der Waals surface area contributed by atoms with Gasteiger partial charge in [0, 0.05) is 29.4 Å². The van der Waals surface area contributed by atoms with E-state index in [1.807, 2.05) is 35.1 Å². The highest BCUT2D eigenvalue weighted by Crippen LogP contribution is 2.27. The third-order valence-electron chi connectivity index (χ3n) is 4.56. The Kier molecular flexibility index (Phi) is 6.12. The van der Waals surface area contributed by atoms with E-state index in [-0.39, 0.29) is 6.61 Å². The molecule has 24 heavy (non-hydrogen) atoms. The van der Waals surface area contributed by atoms with Crippen LogP contribution in [0.3, 0.4) is 0 Å². The highest BCUT2D eigenvalue weighted by atomic mass is 35.5. The molecule has 1 N–H and O–H groups in total. The van der Waals surface area contributed by atoms with Crippen molar-refractivity contribution in [2.75, 3.05) is 32.8 Å². The van der Waals surface area contributed by atoms with Crippen LogP contribution >= 0.6 is 11.6 Å². The average molecular weight is 350 g/mol. The van der Waals surface area contributed by atoms with E-state index >= 15 is 0 Å². The first-order valence-electron chi connectivity index (χ1n) is 8.49. The molecule has 3 rings (SSSR count). The summed E-state index contributed by atoms with van der Waals surface area (Å²) < 4.78 is 7.71. The Morgan fingerprint density at radius 1 is 1.12 bits per heavy atom. The summed E-state index contributed by atoms with van der Waals surface area (Å²) in [6.45, 7) is 4.48. The van der Waals surface area contributed by atoms with E-state index in [9.17, 15) is 0 Å². The fraction of sp³-hybridized carbons (Fsp3) is 0.500. The van der Waals surface area contributed by atoms with Crippen molar-refractivity contribution < 1.29 is 9.84 Å². The lowest BCUT2D eigenvalue weighted by molar-refractivity contribution is 0.170. The lowest BCUT2D eigenvalue weighted by Gasteiger charge is -2.32. The van der Waals surface area contributed by atoms with Crippen LogP contribution in [-0.2, 0) is 6.54 Å². The van der Waals surface area contributed by atoms with Crippen molar-refractivity contribution in [2.24, 2.45) is 0 Å². The minimum Gasteiger partial charge on any atom is -0.492 e. The van der Waals surface area contributed by atoms with Crippen LogP contribution in [0, 0.1) is 0 Å². The summed E-state index contributed by atoms with van der Waals surface area (Å²) in [5, 5.41) is 14.1. The van der Waals surface area contributed by atoms with E-state index < -0.39 is 0 Å². The first kappa shape index (κ1) is 17.3. The Labute approximate surface area is 147 Å². The first-order valence-corrected chi connectivity index (χ1v) is 8.87. The fourth-order valence-corrected chi connectivity index (χ4v) is 3.37. The Balaban J connectivity index is 1.42. The minimum atomic E-state index is 0.134. The molecule has 1 aliphatic heterocycles. The number of aromatic nitrogens is 2. The van der Waals surface area contributed by atoms with Crippen LogP contribution in [0.1, 0.15) is 24.5 Å². The molecule has 5 nitrogen and oxygen atoms in total. The number of hydrogen-bond donors (Lipinski definition) is 1. The highest BCUT2D eigenvalue weighted by Gasteiger charge is 2.22. The number of ether oxygens (including phenoxy) is 1. The fourth-order valence-electron chi connectivity index (χ4n) is 3.25. The zero-order chi connectivity index (χ0) is 16.8. The molecule has 2 aromatic rings. The van der Waals surface area contributed by atoms with Gasteiger partial charge in [0.25, 0.3) is 0 Å². The Morgan fingerprint density at radius 2 is 1.88 bits per heavy atom. The molecular weight excluding hydrogens is 326 g/mol. The summed E-state index contributed by atoms with van der Waals surface area (Å²) >= 11 is 5.87. The Hall–Kier alpha value is -1.56. The van der Waals surface area contributed by atoms with E-state index in [0.717, 1.165) is 43.2 Å². The summed E-state index contributed by atoms with van der Waals surface area (Å²) in [5.41, 5.74) is 1.25. The number of rotatable bonds is 7. The van der Waals surface area contributed by atoms with Crippen LogP contribution in [0.25, 0.3) is 0 Å². The van der Waals surface area contributed by atoms with Crippen molar-refractivity contribution in [3.63, 3.8) is 0 Å². The maximum atomic E-state index is 9.12. The smallest absolute Gasteiger partial charge is 0.119 e. The summed E-state index contributed by atoms with van der Waals surface area (Å²) in [7, 11) is 0. The third-order valence-corrected chi connectivity index (χ3v) is 4.81. The molecule has 0 bridgehead atoms. The van der Waals surface area contributed by atoms with Crippen LogP contribution in [0.4, 0.5) is 0 Å². The zero-order valence-electron chi connectivity index (χ0n) is 13.8. The van der Waals surface area contributed by atoms with Gasteiger partial charge in [-0.3, -0.25) is 9.58 Å². The van der Waals surface area contributed by atoms with Crippen molar-refractivity contribution >= 4 is 11.6 Å². The lowest BCUT2D eigenvalue weighted by atomic mass is 9.93. The molecule has 0 saturated carbocycles. The van der Waals surface area contributed by atoms with Gasteiger partial charge in [-0.25, -0.2) is 0 Å². The molecule has 0 aliphatic carbocycles. The van der Waals surface area contributed by atoms with E-state index in [1.54, 1.807) is 0 Å². The molecule has 130 valence electrons. The number of halogens is 1. The molecule has 2 heterocycles. The van der Waals surface area contributed by atoms with E-state index in [2.05, 4.69) is 16.1 Å². The molecular formula is C18H24ClN3O2. The average Bonchev–Trinajstić information content (AvgIpc) is 3.06. The van der Waals surface area contributed by atoms with Crippen molar-refractivity contribution in [1.29, 1.82) is 0 Å². The maximum absolute atomic E-state index is 9.12. The molecule has 1 aromatic carbocycles. The van der Waals surface area contributed by atoms with E-state index in [1.165, 1.54) is 5.69 Å². The second kappa shape index (κ2) is 8.51. The van der Waals surface area contributed by atoms with E-state index in [4.69, 9.17) is 21.4 Å². The van der Waals surface area contributed by atoms with Gasteiger partial charge in [-0.2, -0.15) is 5.10 Å². The van der Waals surface area contributed by atoms with Gasteiger partial charge in [0.1, 0.15) is 12.4 Å². The number of nitrogens with zero attached hydrogens (tertiary/aromatic N) is 3. The van der Waals surface area contributed by atoms with Crippen LogP contribution in [0.15, 0.2) is 36.5 Å². The van der Waals surface area contributed by atoms with Crippen molar-refractivity contribution in [2.45, 2.75) is 25.3 Å². The van der Waals surface area contributed by atoms with E-state index in [0.29, 0.717) is 19.1 Å². The quantitative estimate of drug-likeness (QED) is 0.835. The summed E-state index contributed by atoms with van der Waals surface area (Å²) in [5.74, 6) is 1.40. The second-order valence-electron chi connectivity index (χ2n) is 6.12. The summed E-state index contributed by atoms with van der Waals surface area (Å²) in [4.78, 5) is 2.44. The highest BCUT2D eigenvalue weighted by molar-refractivity contribution is 6.30. The second-order valence-corrected chi connectivity index (χ2v) is 6.56. The van der Waals surface area contributed by atoms with Gasteiger partial charge in [0.15, 0.2) is 0 Å². The van der Waals surface area contributed by atoms with Crippen LogP contribution in [-0.4, -0.2) is 52.6 Å². The van der Waals surface area contributed by atoms with Crippen molar-refractivity contribution in [3.05, 3.63) is 47.2 Å². The SMILES string of the molecule is OCCn1nccc1C1CCN(CCOc2ccc(Cl)cc2)CC1. The van der Waals surface area contributed by atoms with Gasteiger partial charge in [0.2, 0.25) is 0 Å². The maximum Gasteiger partial charge on any atom is 0.119 e. The molecule has 1 saturated heterocycles.